The number of carbonyl (C=O) groups excluding carboxylic acids is 1. The number of aryl methyl sites for hydroxylation is 1. The number of tetrazole rings is 1. The minimum atomic E-state index is -3.84. The molecular formula is C17H17FN6O3S. The fourth-order valence-electron chi connectivity index (χ4n) is 2.46. The number of nitrogens with one attached hydrogen (secondary N) is 1. The maximum Gasteiger partial charge on any atom is 0.243 e. The van der Waals surface area contributed by atoms with Crippen LogP contribution in [0, 0.1) is 12.7 Å². The highest BCUT2D eigenvalue weighted by Crippen LogP contribution is 2.19. The molecule has 1 heterocycles. The number of sulfonamides is 1. The van der Waals surface area contributed by atoms with Gasteiger partial charge in [0, 0.05) is 7.05 Å². The van der Waals surface area contributed by atoms with Crippen LogP contribution in [0.2, 0.25) is 0 Å². The fraction of sp³-hybridized carbons (Fsp3) is 0.176. The van der Waals surface area contributed by atoms with Gasteiger partial charge in [0.05, 0.1) is 22.8 Å². The van der Waals surface area contributed by atoms with Gasteiger partial charge < -0.3 is 5.32 Å². The smallest absolute Gasteiger partial charge is 0.243 e. The number of benzene rings is 2. The molecule has 0 fully saturated rings. The van der Waals surface area contributed by atoms with E-state index in [-0.39, 0.29) is 10.6 Å². The number of hydrogen-bond acceptors (Lipinski definition) is 6. The summed E-state index contributed by atoms with van der Waals surface area (Å²) in [7, 11) is -2.56. The van der Waals surface area contributed by atoms with E-state index >= 15 is 0 Å². The normalized spacial score (nSPS) is 11.6. The second-order valence-electron chi connectivity index (χ2n) is 5.92. The first kappa shape index (κ1) is 19.6. The Hall–Kier alpha value is -3.18. The molecule has 0 spiro atoms. The Bertz CT molecular complexity index is 1100. The molecule has 0 bridgehead atoms. The molecule has 0 aliphatic carbocycles. The van der Waals surface area contributed by atoms with Crippen molar-refractivity contribution in [2.24, 2.45) is 0 Å². The Kier molecular flexibility index (Phi) is 5.47. The number of halogens is 1. The van der Waals surface area contributed by atoms with Crippen molar-refractivity contribution in [3.8, 4) is 5.69 Å². The van der Waals surface area contributed by atoms with E-state index in [0.717, 1.165) is 10.4 Å². The first-order valence-electron chi connectivity index (χ1n) is 8.15. The van der Waals surface area contributed by atoms with Crippen molar-refractivity contribution < 1.29 is 17.6 Å². The Morgan fingerprint density at radius 2 is 1.93 bits per heavy atom. The molecule has 3 rings (SSSR count). The standard InChI is InChI=1S/C17H17FN6O3S/c1-12-20-21-22-24(12)13-8-9-15(18)16(10-13)19-17(25)11-23(2)28(26,27)14-6-4-3-5-7-14/h3-10H,11H2,1-2H3,(H,19,25). The summed E-state index contributed by atoms with van der Waals surface area (Å²) in [4.78, 5) is 12.3. The van der Waals surface area contributed by atoms with Crippen molar-refractivity contribution in [1.29, 1.82) is 0 Å². The number of anilines is 1. The molecule has 11 heteroatoms. The van der Waals surface area contributed by atoms with Crippen LogP contribution < -0.4 is 5.32 Å². The molecule has 0 saturated carbocycles. The molecule has 1 amide bonds. The van der Waals surface area contributed by atoms with E-state index in [1.807, 2.05) is 0 Å². The molecule has 9 nitrogen and oxygen atoms in total. The van der Waals surface area contributed by atoms with Gasteiger partial charge in [-0.1, -0.05) is 18.2 Å². The first-order chi connectivity index (χ1) is 13.3. The van der Waals surface area contributed by atoms with Gasteiger partial charge in [0.15, 0.2) is 5.82 Å². The second kappa shape index (κ2) is 7.82. The van der Waals surface area contributed by atoms with Crippen LogP contribution in [0.3, 0.4) is 0 Å². The van der Waals surface area contributed by atoms with Gasteiger partial charge in [-0.3, -0.25) is 4.79 Å². The molecule has 3 aromatic rings. The quantitative estimate of drug-likeness (QED) is 0.664. The molecule has 0 atom stereocenters. The van der Waals surface area contributed by atoms with Crippen molar-refractivity contribution in [2.45, 2.75) is 11.8 Å². The Labute approximate surface area is 160 Å². The summed E-state index contributed by atoms with van der Waals surface area (Å²) in [5.74, 6) is -0.875. The van der Waals surface area contributed by atoms with Gasteiger partial charge in [0.2, 0.25) is 15.9 Å². The topological polar surface area (TPSA) is 110 Å². The lowest BCUT2D eigenvalue weighted by Gasteiger charge is -2.17. The molecule has 0 saturated heterocycles. The van der Waals surface area contributed by atoms with Crippen molar-refractivity contribution in [2.75, 3.05) is 18.9 Å². The molecular weight excluding hydrogens is 387 g/mol. The maximum atomic E-state index is 14.1. The van der Waals surface area contributed by atoms with Gasteiger partial charge in [0.25, 0.3) is 0 Å². The summed E-state index contributed by atoms with van der Waals surface area (Å²) in [6.45, 7) is 1.19. The minimum absolute atomic E-state index is 0.0626. The summed E-state index contributed by atoms with van der Waals surface area (Å²) in [6.07, 6.45) is 0. The fourth-order valence-corrected chi connectivity index (χ4v) is 3.61. The molecule has 146 valence electrons. The number of hydrogen-bond donors (Lipinski definition) is 1. The molecule has 0 unspecified atom stereocenters. The number of rotatable bonds is 6. The van der Waals surface area contributed by atoms with Crippen LogP contribution >= 0.6 is 0 Å². The van der Waals surface area contributed by atoms with E-state index in [1.54, 1.807) is 25.1 Å². The van der Waals surface area contributed by atoms with E-state index in [9.17, 15) is 17.6 Å². The molecule has 1 N–H and O–H groups in total. The third kappa shape index (κ3) is 4.05. The summed E-state index contributed by atoms with van der Waals surface area (Å²) >= 11 is 0. The third-order valence-electron chi connectivity index (χ3n) is 3.91. The summed E-state index contributed by atoms with van der Waals surface area (Å²) < 4.78 is 41.3. The second-order valence-corrected chi connectivity index (χ2v) is 7.97. The Morgan fingerprint density at radius 3 is 2.57 bits per heavy atom. The molecule has 0 aliphatic rings. The predicted octanol–water partition coefficient (Wildman–Crippen LogP) is 1.37. The van der Waals surface area contributed by atoms with E-state index in [2.05, 4.69) is 20.8 Å². The molecule has 1 aromatic heterocycles. The molecule has 0 aliphatic heterocycles. The van der Waals surface area contributed by atoms with Crippen LogP contribution in [-0.4, -0.2) is 52.4 Å². The average Bonchev–Trinajstić information content (AvgIpc) is 3.10. The van der Waals surface area contributed by atoms with Gasteiger partial charge in [0.1, 0.15) is 5.82 Å². The number of aromatic nitrogens is 4. The van der Waals surface area contributed by atoms with Crippen LogP contribution in [0.15, 0.2) is 53.4 Å². The summed E-state index contributed by atoms with van der Waals surface area (Å²) in [5, 5.41) is 13.4. The van der Waals surface area contributed by atoms with Gasteiger partial charge in [-0.25, -0.2) is 12.8 Å². The summed E-state index contributed by atoms with van der Waals surface area (Å²) in [6, 6.07) is 11.7. The van der Waals surface area contributed by atoms with Gasteiger partial charge in [-0.2, -0.15) is 8.99 Å². The molecule has 2 aromatic carbocycles. The van der Waals surface area contributed by atoms with E-state index in [1.165, 1.54) is 36.0 Å². The SMILES string of the molecule is Cc1nnnn1-c1ccc(F)c(NC(=O)CN(C)S(=O)(=O)c2ccccc2)c1. The number of nitrogens with zero attached hydrogens (tertiary/aromatic N) is 5. The Balaban J connectivity index is 1.75. The van der Waals surface area contributed by atoms with Crippen LogP contribution in [0.25, 0.3) is 5.69 Å². The van der Waals surface area contributed by atoms with E-state index in [0.29, 0.717) is 11.5 Å². The van der Waals surface area contributed by atoms with Crippen molar-refractivity contribution in [1.82, 2.24) is 24.5 Å². The summed E-state index contributed by atoms with van der Waals surface area (Å²) in [5.41, 5.74) is 0.340. The minimum Gasteiger partial charge on any atom is -0.322 e. The lowest BCUT2D eigenvalue weighted by molar-refractivity contribution is -0.116. The van der Waals surface area contributed by atoms with Crippen molar-refractivity contribution in [3.63, 3.8) is 0 Å². The predicted molar refractivity (Wildman–Crippen MR) is 98.7 cm³/mol. The maximum absolute atomic E-state index is 14.1. The van der Waals surface area contributed by atoms with Crippen molar-refractivity contribution >= 4 is 21.6 Å². The number of amides is 1. The average molecular weight is 404 g/mol. The highest BCUT2D eigenvalue weighted by Gasteiger charge is 2.23. The zero-order valence-electron chi connectivity index (χ0n) is 15.1. The zero-order chi connectivity index (χ0) is 20.3. The lowest BCUT2D eigenvalue weighted by atomic mass is 10.2. The van der Waals surface area contributed by atoms with Gasteiger partial charge in [-0.05, 0) is 47.7 Å². The van der Waals surface area contributed by atoms with Gasteiger partial charge in [-0.15, -0.1) is 5.10 Å². The number of carbonyl (C=O) groups is 1. The molecule has 0 radical (unpaired) electrons. The van der Waals surface area contributed by atoms with Gasteiger partial charge >= 0.3 is 0 Å². The monoisotopic (exact) mass is 404 g/mol. The Morgan fingerprint density at radius 1 is 1.21 bits per heavy atom. The number of likely N-dealkylation sites (N-methyl/N-ethyl adjacent to an activating group) is 1. The molecule has 28 heavy (non-hydrogen) atoms. The van der Waals surface area contributed by atoms with E-state index < -0.39 is 28.3 Å². The van der Waals surface area contributed by atoms with Crippen LogP contribution in [0.4, 0.5) is 10.1 Å². The van der Waals surface area contributed by atoms with E-state index in [4.69, 9.17) is 0 Å². The van der Waals surface area contributed by atoms with Crippen molar-refractivity contribution in [3.05, 3.63) is 60.2 Å². The lowest BCUT2D eigenvalue weighted by Crippen LogP contribution is -2.35. The first-order valence-corrected chi connectivity index (χ1v) is 9.59. The largest absolute Gasteiger partial charge is 0.322 e. The van der Waals surface area contributed by atoms with Crippen LogP contribution in [-0.2, 0) is 14.8 Å². The van der Waals surface area contributed by atoms with Crippen LogP contribution in [0.5, 0.6) is 0 Å². The highest BCUT2D eigenvalue weighted by molar-refractivity contribution is 7.89. The highest BCUT2D eigenvalue weighted by atomic mass is 32.2. The third-order valence-corrected chi connectivity index (χ3v) is 5.73. The van der Waals surface area contributed by atoms with Crippen LogP contribution in [0.1, 0.15) is 5.82 Å². The zero-order valence-corrected chi connectivity index (χ0v) is 15.9.